The molecule has 0 bridgehead atoms. The Hall–Kier alpha value is -2.04. The lowest BCUT2D eigenvalue weighted by Crippen LogP contribution is -2.08. The molecule has 0 aliphatic carbocycles. The molecule has 1 aromatic rings. The first-order valence-electron chi connectivity index (χ1n) is 7.70. The Morgan fingerprint density at radius 3 is 2.23 bits per heavy atom. The highest BCUT2D eigenvalue weighted by Crippen LogP contribution is 2.14. The molecule has 0 aliphatic heterocycles. The number of methoxy groups -OCH3 is 1. The number of unbranched alkanes of at least 4 members (excludes halogenated alkanes) is 5. The van der Waals surface area contributed by atoms with E-state index in [0.717, 1.165) is 12.8 Å². The number of hydrogen-bond acceptors (Lipinski definition) is 5. The molecule has 1 rings (SSSR count). The minimum atomic E-state index is -0.793. The fourth-order valence-electron chi connectivity index (χ4n) is 1.93. The summed E-state index contributed by atoms with van der Waals surface area (Å²) in [4.78, 5) is 22.7. The lowest BCUT2D eigenvalue weighted by Gasteiger charge is -2.06. The van der Waals surface area contributed by atoms with Crippen LogP contribution in [-0.2, 0) is 9.47 Å². The molecule has 0 atom stereocenters. The average Bonchev–Trinajstić information content (AvgIpc) is 2.54. The topological polar surface area (TPSA) is 61.8 Å². The van der Waals surface area contributed by atoms with Crippen molar-refractivity contribution in [1.29, 1.82) is 0 Å². The fraction of sp³-hybridized carbons (Fsp3) is 0.529. The van der Waals surface area contributed by atoms with E-state index in [9.17, 15) is 9.59 Å². The highest BCUT2D eigenvalue weighted by Gasteiger charge is 2.08. The lowest BCUT2D eigenvalue weighted by atomic mass is 10.1. The highest BCUT2D eigenvalue weighted by molar-refractivity contribution is 5.89. The zero-order valence-corrected chi connectivity index (χ0v) is 13.3. The van der Waals surface area contributed by atoms with Crippen LogP contribution in [0.1, 0.15) is 55.8 Å². The van der Waals surface area contributed by atoms with Gasteiger partial charge in [0.25, 0.3) is 0 Å². The van der Waals surface area contributed by atoms with Gasteiger partial charge >= 0.3 is 12.1 Å². The minimum absolute atomic E-state index is 0.319. The fourth-order valence-corrected chi connectivity index (χ4v) is 1.93. The van der Waals surface area contributed by atoms with E-state index in [1.54, 1.807) is 12.1 Å². The van der Waals surface area contributed by atoms with Crippen LogP contribution >= 0.6 is 0 Å². The number of carbonyl (C=O) groups excluding carboxylic acids is 2. The van der Waals surface area contributed by atoms with Crippen LogP contribution in [0.3, 0.4) is 0 Å². The molecule has 0 aliphatic rings. The SMILES string of the molecule is CCCCCCCCOC(=O)c1ccc(OC(=O)OC)cc1. The summed E-state index contributed by atoms with van der Waals surface area (Å²) in [6, 6.07) is 6.17. The Labute approximate surface area is 131 Å². The van der Waals surface area contributed by atoms with Crippen molar-refractivity contribution in [3.8, 4) is 5.75 Å². The van der Waals surface area contributed by atoms with Gasteiger partial charge in [-0.3, -0.25) is 0 Å². The number of carbonyl (C=O) groups is 2. The summed E-state index contributed by atoms with van der Waals surface area (Å²) in [5, 5.41) is 0. The molecule has 0 spiro atoms. The van der Waals surface area contributed by atoms with E-state index in [0.29, 0.717) is 17.9 Å². The molecular weight excluding hydrogens is 284 g/mol. The molecule has 5 heteroatoms. The van der Waals surface area contributed by atoms with Crippen molar-refractivity contribution in [3.63, 3.8) is 0 Å². The van der Waals surface area contributed by atoms with Crippen molar-refractivity contribution in [3.05, 3.63) is 29.8 Å². The number of esters is 1. The van der Waals surface area contributed by atoms with Gasteiger partial charge in [0.2, 0.25) is 0 Å². The van der Waals surface area contributed by atoms with Crippen LogP contribution in [0, 0.1) is 0 Å². The van der Waals surface area contributed by atoms with Crippen LogP contribution in [-0.4, -0.2) is 25.8 Å². The van der Waals surface area contributed by atoms with E-state index < -0.39 is 6.16 Å². The summed E-state index contributed by atoms with van der Waals surface area (Å²) in [7, 11) is 1.23. The summed E-state index contributed by atoms with van der Waals surface area (Å²) >= 11 is 0. The van der Waals surface area contributed by atoms with Gasteiger partial charge in [0.05, 0.1) is 19.3 Å². The molecule has 122 valence electrons. The second kappa shape index (κ2) is 10.7. The molecule has 0 unspecified atom stereocenters. The molecule has 0 amide bonds. The van der Waals surface area contributed by atoms with Crippen molar-refractivity contribution < 1.29 is 23.8 Å². The predicted octanol–water partition coefficient (Wildman–Crippen LogP) is 4.35. The number of rotatable bonds is 9. The van der Waals surface area contributed by atoms with Crippen molar-refractivity contribution in [1.82, 2.24) is 0 Å². The molecule has 0 saturated heterocycles. The largest absolute Gasteiger partial charge is 0.513 e. The van der Waals surface area contributed by atoms with Gasteiger partial charge in [0.1, 0.15) is 5.75 Å². The summed E-state index contributed by atoms with van der Waals surface area (Å²) < 4.78 is 14.4. The van der Waals surface area contributed by atoms with E-state index in [1.807, 2.05) is 0 Å². The average molecular weight is 308 g/mol. The van der Waals surface area contributed by atoms with Crippen LogP contribution in [0.5, 0.6) is 5.75 Å². The minimum Gasteiger partial charge on any atom is -0.462 e. The van der Waals surface area contributed by atoms with Crippen LogP contribution in [0.2, 0.25) is 0 Å². The summed E-state index contributed by atoms with van der Waals surface area (Å²) in [5.74, 6) is -0.0440. The van der Waals surface area contributed by atoms with Crippen LogP contribution in [0.15, 0.2) is 24.3 Å². The maximum absolute atomic E-state index is 11.8. The van der Waals surface area contributed by atoms with Crippen molar-refractivity contribution in [2.24, 2.45) is 0 Å². The van der Waals surface area contributed by atoms with Gasteiger partial charge in [-0.1, -0.05) is 39.0 Å². The normalized spacial score (nSPS) is 10.1. The molecule has 0 radical (unpaired) electrons. The van der Waals surface area contributed by atoms with Gasteiger partial charge in [-0.25, -0.2) is 9.59 Å². The maximum Gasteiger partial charge on any atom is 0.513 e. The maximum atomic E-state index is 11.8. The molecule has 1 aromatic carbocycles. The van der Waals surface area contributed by atoms with Crippen molar-refractivity contribution in [2.75, 3.05) is 13.7 Å². The molecule has 0 aromatic heterocycles. The Morgan fingerprint density at radius 1 is 0.955 bits per heavy atom. The lowest BCUT2D eigenvalue weighted by molar-refractivity contribution is 0.0497. The van der Waals surface area contributed by atoms with Crippen LogP contribution in [0.25, 0.3) is 0 Å². The van der Waals surface area contributed by atoms with Crippen LogP contribution < -0.4 is 4.74 Å². The first-order chi connectivity index (χ1) is 10.7. The monoisotopic (exact) mass is 308 g/mol. The van der Waals surface area contributed by atoms with E-state index in [2.05, 4.69) is 11.7 Å². The molecule has 0 heterocycles. The Bertz CT molecular complexity index is 453. The third-order valence-corrected chi connectivity index (χ3v) is 3.19. The van der Waals surface area contributed by atoms with Gasteiger partial charge in [0, 0.05) is 0 Å². The number of ether oxygens (including phenoxy) is 3. The molecular formula is C17H24O5. The van der Waals surface area contributed by atoms with E-state index >= 15 is 0 Å². The van der Waals surface area contributed by atoms with Gasteiger partial charge in [0.15, 0.2) is 0 Å². The van der Waals surface area contributed by atoms with Gasteiger partial charge in [-0.2, -0.15) is 0 Å². The Balaban J connectivity index is 2.26. The quantitative estimate of drug-likeness (QED) is 0.385. The Morgan fingerprint density at radius 2 is 1.59 bits per heavy atom. The second-order valence-electron chi connectivity index (χ2n) is 4.98. The third-order valence-electron chi connectivity index (χ3n) is 3.19. The van der Waals surface area contributed by atoms with E-state index in [-0.39, 0.29) is 5.97 Å². The van der Waals surface area contributed by atoms with Crippen molar-refractivity contribution in [2.45, 2.75) is 45.4 Å². The van der Waals surface area contributed by atoms with Gasteiger partial charge in [-0.15, -0.1) is 0 Å². The summed E-state index contributed by atoms with van der Waals surface area (Å²) in [6.07, 6.45) is 6.10. The molecule has 22 heavy (non-hydrogen) atoms. The summed E-state index contributed by atoms with van der Waals surface area (Å²) in [5.41, 5.74) is 0.434. The van der Waals surface area contributed by atoms with Crippen molar-refractivity contribution >= 4 is 12.1 Å². The van der Waals surface area contributed by atoms with E-state index in [4.69, 9.17) is 9.47 Å². The number of benzene rings is 1. The summed E-state index contributed by atoms with van der Waals surface area (Å²) in [6.45, 7) is 2.62. The highest BCUT2D eigenvalue weighted by atomic mass is 16.7. The standard InChI is InChI=1S/C17H24O5/c1-3-4-5-6-7-8-13-21-16(18)14-9-11-15(12-10-14)22-17(19)20-2/h9-12H,3-8,13H2,1-2H3. The predicted molar refractivity (Wildman–Crippen MR) is 83.1 cm³/mol. The zero-order chi connectivity index (χ0) is 16.2. The molecule has 0 saturated carbocycles. The smallest absolute Gasteiger partial charge is 0.462 e. The van der Waals surface area contributed by atoms with Gasteiger partial charge < -0.3 is 14.2 Å². The second-order valence-corrected chi connectivity index (χ2v) is 4.98. The molecule has 5 nitrogen and oxygen atoms in total. The van der Waals surface area contributed by atoms with E-state index in [1.165, 1.54) is 44.9 Å². The van der Waals surface area contributed by atoms with Crippen LogP contribution in [0.4, 0.5) is 4.79 Å². The molecule has 0 fully saturated rings. The first kappa shape index (κ1) is 18.0. The van der Waals surface area contributed by atoms with Gasteiger partial charge in [-0.05, 0) is 30.7 Å². The number of hydrogen-bond donors (Lipinski definition) is 0. The first-order valence-corrected chi connectivity index (χ1v) is 7.70. The third kappa shape index (κ3) is 7.11. The zero-order valence-electron chi connectivity index (χ0n) is 13.3. The Kier molecular flexibility index (Phi) is 8.72. The molecule has 0 N–H and O–H groups in total.